The predicted molar refractivity (Wildman–Crippen MR) is 85.2 cm³/mol. The van der Waals surface area contributed by atoms with E-state index in [4.69, 9.17) is 4.42 Å². The Morgan fingerprint density at radius 2 is 1.78 bits per heavy atom. The predicted octanol–water partition coefficient (Wildman–Crippen LogP) is 2.78. The number of carbonyl (C=O) groups is 2. The summed E-state index contributed by atoms with van der Waals surface area (Å²) in [5, 5.41) is 15.7. The highest BCUT2D eigenvalue weighted by Gasteiger charge is 2.38. The third-order valence-corrected chi connectivity index (χ3v) is 4.02. The largest absolute Gasteiger partial charge is 0.472 e. The number of anilines is 2. The van der Waals surface area contributed by atoms with Crippen LogP contribution in [-0.4, -0.2) is 22.5 Å². The fourth-order valence-corrected chi connectivity index (χ4v) is 2.71. The number of furan rings is 1. The van der Waals surface area contributed by atoms with E-state index in [1.165, 1.54) is 12.5 Å². The van der Waals surface area contributed by atoms with Gasteiger partial charge < -0.3 is 20.2 Å². The van der Waals surface area contributed by atoms with E-state index >= 15 is 0 Å². The normalized spacial score (nSPS) is 16.0. The summed E-state index contributed by atoms with van der Waals surface area (Å²) in [6.45, 7) is 0. The van der Waals surface area contributed by atoms with E-state index in [0.29, 0.717) is 29.8 Å². The maximum Gasteiger partial charge on any atom is 0.258 e. The first-order valence-corrected chi connectivity index (χ1v) is 7.54. The number of hydrogen-bond donors (Lipinski definition) is 3. The summed E-state index contributed by atoms with van der Waals surface area (Å²) < 4.78 is 4.87. The molecule has 2 aromatic rings. The molecule has 0 spiro atoms. The van der Waals surface area contributed by atoms with Crippen molar-refractivity contribution in [3.05, 3.63) is 48.4 Å². The van der Waals surface area contributed by atoms with Crippen LogP contribution in [0.4, 0.5) is 11.4 Å². The van der Waals surface area contributed by atoms with Crippen molar-refractivity contribution in [3.63, 3.8) is 0 Å². The molecular weight excluding hydrogens is 296 g/mol. The van der Waals surface area contributed by atoms with E-state index in [-0.39, 0.29) is 5.91 Å². The number of carbonyl (C=O) groups excluding carboxylic acids is 2. The first-order chi connectivity index (χ1) is 11.1. The Balaban J connectivity index is 1.68. The third-order valence-electron chi connectivity index (χ3n) is 4.02. The molecule has 3 N–H and O–H groups in total. The van der Waals surface area contributed by atoms with E-state index in [9.17, 15) is 14.7 Å². The van der Waals surface area contributed by atoms with Gasteiger partial charge in [-0.3, -0.25) is 9.59 Å². The molecule has 0 aliphatic heterocycles. The summed E-state index contributed by atoms with van der Waals surface area (Å²) in [5.74, 6) is -0.690. The van der Waals surface area contributed by atoms with E-state index in [2.05, 4.69) is 10.6 Å². The minimum absolute atomic E-state index is 0.295. The summed E-state index contributed by atoms with van der Waals surface area (Å²) in [5.41, 5.74) is 0.211. The fourth-order valence-electron chi connectivity index (χ4n) is 2.71. The summed E-state index contributed by atoms with van der Waals surface area (Å²) in [6.07, 6.45) is 5.45. The molecule has 6 heteroatoms. The summed E-state index contributed by atoms with van der Waals surface area (Å²) in [7, 11) is 0. The van der Waals surface area contributed by atoms with Crippen LogP contribution >= 0.6 is 0 Å². The van der Waals surface area contributed by atoms with E-state index < -0.39 is 11.5 Å². The third kappa shape index (κ3) is 3.43. The second-order valence-corrected chi connectivity index (χ2v) is 5.74. The van der Waals surface area contributed by atoms with E-state index in [1.54, 1.807) is 30.3 Å². The van der Waals surface area contributed by atoms with Gasteiger partial charge in [0.05, 0.1) is 11.8 Å². The molecule has 0 radical (unpaired) electrons. The Labute approximate surface area is 133 Å². The first-order valence-electron chi connectivity index (χ1n) is 7.54. The van der Waals surface area contributed by atoms with Gasteiger partial charge in [0.1, 0.15) is 11.9 Å². The van der Waals surface area contributed by atoms with E-state index in [0.717, 1.165) is 12.8 Å². The molecule has 1 heterocycles. The molecule has 120 valence electrons. The molecule has 2 amide bonds. The molecule has 1 aromatic heterocycles. The molecule has 0 unspecified atom stereocenters. The lowest BCUT2D eigenvalue weighted by molar-refractivity contribution is -0.133. The summed E-state index contributed by atoms with van der Waals surface area (Å²) in [4.78, 5) is 24.2. The number of benzene rings is 1. The molecule has 23 heavy (non-hydrogen) atoms. The van der Waals surface area contributed by atoms with Gasteiger partial charge in [-0.15, -0.1) is 0 Å². The lowest BCUT2D eigenvalue weighted by atomic mass is 10.0. The molecule has 0 atom stereocenters. The smallest absolute Gasteiger partial charge is 0.258 e. The Morgan fingerprint density at radius 3 is 2.43 bits per heavy atom. The molecule has 1 saturated carbocycles. The highest BCUT2D eigenvalue weighted by Crippen LogP contribution is 2.30. The van der Waals surface area contributed by atoms with Crippen LogP contribution in [0.2, 0.25) is 0 Å². The highest BCUT2D eigenvalue weighted by atomic mass is 16.3. The van der Waals surface area contributed by atoms with Crippen LogP contribution in [0.25, 0.3) is 0 Å². The zero-order chi connectivity index (χ0) is 16.3. The van der Waals surface area contributed by atoms with Gasteiger partial charge in [-0.2, -0.15) is 0 Å². The van der Waals surface area contributed by atoms with Crippen LogP contribution in [0.5, 0.6) is 0 Å². The monoisotopic (exact) mass is 314 g/mol. The number of rotatable bonds is 4. The van der Waals surface area contributed by atoms with Crippen molar-refractivity contribution in [3.8, 4) is 0 Å². The molecule has 1 fully saturated rings. The maximum atomic E-state index is 12.2. The van der Waals surface area contributed by atoms with Crippen LogP contribution < -0.4 is 10.6 Å². The minimum atomic E-state index is -1.28. The number of aliphatic hydroxyl groups is 1. The standard InChI is InChI=1S/C17H18N2O4/c20-15(12-6-9-23-11-12)18-13-4-3-5-14(10-13)19-16(21)17(22)7-1-2-8-17/h3-6,9-11,22H,1-2,7-8H2,(H,18,20)(H,19,21). The lowest BCUT2D eigenvalue weighted by Gasteiger charge is -2.21. The number of amides is 2. The lowest BCUT2D eigenvalue weighted by Crippen LogP contribution is -2.40. The van der Waals surface area contributed by atoms with Crippen LogP contribution in [0.1, 0.15) is 36.0 Å². The van der Waals surface area contributed by atoms with Crippen molar-refractivity contribution in [1.82, 2.24) is 0 Å². The highest BCUT2D eigenvalue weighted by molar-refractivity contribution is 6.04. The zero-order valence-electron chi connectivity index (χ0n) is 12.5. The molecule has 1 aliphatic rings. The molecule has 0 bridgehead atoms. The average molecular weight is 314 g/mol. The van der Waals surface area contributed by atoms with Crippen LogP contribution in [-0.2, 0) is 4.79 Å². The van der Waals surface area contributed by atoms with Gasteiger partial charge in [0, 0.05) is 11.4 Å². The van der Waals surface area contributed by atoms with Crippen molar-refractivity contribution in [2.75, 3.05) is 10.6 Å². The zero-order valence-corrected chi connectivity index (χ0v) is 12.5. The average Bonchev–Trinajstić information content (AvgIpc) is 3.19. The summed E-state index contributed by atoms with van der Waals surface area (Å²) in [6, 6.07) is 8.37. The number of hydrogen-bond acceptors (Lipinski definition) is 4. The number of nitrogens with one attached hydrogen (secondary N) is 2. The maximum absolute atomic E-state index is 12.2. The molecule has 0 saturated heterocycles. The van der Waals surface area contributed by atoms with Gasteiger partial charge in [-0.1, -0.05) is 6.07 Å². The quantitative estimate of drug-likeness (QED) is 0.809. The molecule has 6 nitrogen and oxygen atoms in total. The molecule has 3 rings (SSSR count). The fraction of sp³-hybridized carbons (Fsp3) is 0.294. The van der Waals surface area contributed by atoms with Gasteiger partial charge in [0.25, 0.3) is 11.8 Å². The van der Waals surface area contributed by atoms with Crippen molar-refractivity contribution in [2.24, 2.45) is 0 Å². The van der Waals surface area contributed by atoms with Gasteiger partial charge in [-0.05, 0) is 49.9 Å². The molecular formula is C17H18N2O4. The van der Waals surface area contributed by atoms with Crippen LogP contribution in [0.15, 0.2) is 47.3 Å². The van der Waals surface area contributed by atoms with Crippen molar-refractivity contribution in [2.45, 2.75) is 31.3 Å². The molecule has 1 aromatic carbocycles. The van der Waals surface area contributed by atoms with Gasteiger partial charge >= 0.3 is 0 Å². The SMILES string of the molecule is O=C(Nc1cccc(NC(=O)C2(O)CCCC2)c1)c1ccoc1. The Kier molecular flexibility index (Phi) is 4.16. The van der Waals surface area contributed by atoms with Gasteiger partial charge in [0.2, 0.25) is 0 Å². The van der Waals surface area contributed by atoms with Gasteiger partial charge in [-0.25, -0.2) is 0 Å². The second-order valence-electron chi connectivity index (χ2n) is 5.74. The van der Waals surface area contributed by atoms with Crippen molar-refractivity contribution >= 4 is 23.2 Å². The van der Waals surface area contributed by atoms with Crippen molar-refractivity contribution < 1.29 is 19.1 Å². The first kappa shape index (κ1) is 15.3. The Bertz CT molecular complexity index is 703. The Morgan fingerprint density at radius 1 is 1.09 bits per heavy atom. The van der Waals surface area contributed by atoms with Crippen LogP contribution in [0, 0.1) is 0 Å². The summed E-state index contributed by atoms with van der Waals surface area (Å²) >= 11 is 0. The van der Waals surface area contributed by atoms with Crippen molar-refractivity contribution in [1.29, 1.82) is 0 Å². The van der Waals surface area contributed by atoms with E-state index in [1.807, 2.05) is 0 Å². The second kappa shape index (κ2) is 6.26. The Hall–Kier alpha value is -2.60. The van der Waals surface area contributed by atoms with Crippen LogP contribution in [0.3, 0.4) is 0 Å². The topological polar surface area (TPSA) is 91.6 Å². The molecule has 1 aliphatic carbocycles. The van der Waals surface area contributed by atoms with Gasteiger partial charge in [0.15, 0.2) is 0 Å². The minimum Gasteiger partial charge on any atom is -0.472 e.